The highest BCUT2D eigenvalue weighted by Gasteiger charge is 2.07. The highest BCUT2D eigenvalue weighted by molar-refractivity contribution is 8.02. The predicted molar refractivity (Wildman–Crippen MR) is 79.8 cm³/mol. The maximum Gasteiger partial charge on any atom is 0.118 e. The SMILES string of the molecule is COc1ccc(CSC2=C/C(=C/N)N(N)C=C2)cc1. The summed E-state index contributed by atoms with van der Waals surface area (Å²) >= 11 is 1.74. The van der Waals surface area contributed by atoms with Gasteiger partial charge in [-0.05, 0) is 29.8 Å². The van der Waals surface area contributed by atoms with Gasteiger partial charge in [0.15, 0.2) is 0 Å². The fraction of sp³-hybridized carbons (Fsp3) is 0.143. The number of nitrogens with zero attached hydrogens (tertiary/aromatic N) is 1. The second-order valence-corrected chi connectivity index (χ2v) is 5.05. The normalized spacial score (nSPS) is 16.6. The summed E-state index contributed by atoms with van der Waals surface area (Å²) in [5.74, 6) is 7.49. The van der Waals surface area contributed by atoms with Crippen LogP contribution in [-0.2, 0) is 5.75 Å². The van der Waals surface area contributed by atoms with Crippen LogP contribution >= 0.6 is 11.8 Å². The predicted octanol–water partition coefficient (Wildman–Crippen LogP) is 2.32. The Bertz CT molecular complexity index is 520. The van der Waals surface area contributed by atoms with Gasteiger partial charge in [-0.1, -0.05) is 12.1 Å². The Labute approximate surface area is 117 Å². The lowest BCUT2D eigenvalue weighted by atomic mass is 10.2. The molecule has 100 valence electrons. The molecule has 4 nitrogen and oxygen atoms in total. The molecule has 0 saturated carbocycles. The molecule has 1 aliphatic rings. The molecule has 0 bridgehead atoms. The highest BCUT2D eigenvalue weighted by atomic mass is 32.2. The number of methoxy groups -OCH3 is 1. The average molecular weight is 275 g/mol. The van der Waals surface area contributed by atoms with Crippen molar-refractivity contribution in [3.05, 3.63) is 65.0 Å². The van der Waals surface area contributed by atoms with E-state index >= 15 is 0 Å². The number of hydrazine groups is 1. The summed E-state index contributed by atoms with van der Waals surface area (Å²) in [6.45, 7) is 0. The molecule has 0 saturated heterocycles. The van der Waals surface area contributed by atoms with Crippen molar-refractivity contribution in [2.24, 2.45) is 11.6 Å². The van der Waals surface area contributed by atoms with Crippen LogP contribution in [0.25, 0.3) is 0 Å². The van der Waals surface area contributed by atoms with Crippen molar-refractivity contribution in [2.75, 3.05) is 7.11 Å². The van der Waals surface area contributed by atoms with E-state index in [0.29, 0.717) is 0 Å². The fourth-order valence-corrected chi connectivity index (χ4v) is 2.51. The number of allylic oxidation sites excluding steroid dienone is 2. The molecule has 19 heavy (non-hydrogen) atoms. The second-order valence-electron chi connectivity index (χ2n) is 4.00. The quantitative estimate of drug-likeness (QED) is 0.826. The molecule has 4 N–H and O–H groups in total. The molecular formula is C14H17N3OS. The van der Waals surface area contributed by atoms with E-state index in [9.17, 15) is 0 Å². The van der Waals surface area contributed by atoms with E-state index in [4.69, 9.17) is 16.3 Å². The van der Waals surface area contributed by atoms with Gasteiger partial charge in [-0.15, -0.1) is 11.8 Å². The Morgan fingerprint density at radius 3 is 2.68 bits per heavy atom. The number of rotatable bonds is 4. The zero-order valence-corrected chi connectivity index (χ0v) is 11.6. The van der Waals surface area contributed by atoms with Gasteiger partial charge in [0.25, 0.3) is 0 Å². The Kier molecular flexibility index (Phi) is 4.54. The van der Waals surface area contributed by atoms with Crippen molar-refractivity contribution in [1.29, 1.82) is 0 Å². The van der Waals surface area contributed by atoms with E-state index in [2.05, 4.69) is 12.1 Å². The molecule has 0 aromatic heterocycles. The van der Waals surface area contributed by atoms with Gasteiger partial charge in [0.2, 0.25) is 0 Å². The molecule has 0 aliphatic carbocycles. The van der Waals surface area contributed by atoms with E-state index in [1.807, 2.05) is 24.3 Å². The Morgan fingerprint density at radius 2 is 2.05 bits per heavy atom. The summed E-state index contributed by atoms with van der Waals surface area (Å²) in [6.07, 6.45) is 7.24. The topological polar surface area (TPSA) is 64.5 Å². The maximum absolute atomic E-state index is 5.72. The molecule has 0 unspecified atom stereocenters. The minimum atomic E-state index is 0.791. The first kappa shape index (κ1) is 13.6. The van der Waals surface area contributed by atoms with E-state index in [-0.39, 0.29) is 0 Å². The third-order valence-electron chi connectivity index (χ3n) is 2.72. The van der Waals surface area contributed by atoms with Crippen molar-refractivity contribution >= 4 is 11.8 Å². The molecule has 0 spiro atoms. The summed E-state index contributed by atoms with van der Waals surface area (Å²) in [4.78, 5) is 1.13. The van der Waals surface area contributed by atoms with Crippen LogP contribution in [0.15, 0.2) is 59.4 Å². The van der Waals surface area contributed by atoms with Crippen molar-refractivity contribution in [3.8, 4) is 5.75 Å². The van der Waals surface area contributed by atoms with Gasteiger partial charge in [0, 0.05) is 23.1 Å². The molecule has 5 heteroatoms. The highest BCUT2D eigenvalue weighted by Crippen LogP contribution is 2.27. The van der Waals surface area contributed by atoms with Crippen LogP contribution in [-0.4, -0.2) is 12.1 Å². The first-order valence-corrected chi connectivity index (χ1v) is 6.83. The van der Waals surface area contributed by atoms with Crippen molar-refractivity contribution in [3.63, 3.8) is 0 Å². The zero-order chi connectivity index (χ0) is 13.7. The van der Waals surface area contributed by atoms with Crippen LogP contribution in [0.5, 0.6) is 5.75 Å². The summed E-state index contributed by atoms with van der Waals surface area (Å²) in [5.41, 5.74) is 7.55. The Morgan fingerprint density at radius 1 is 1.32 bits per heavy atom. The van der Waals surface area contributed by atoms with E-state index < -0.39 is 0 Å². The van der Waals surface area contributed by atoms with Crippen molar-refractivity contribution < 1.29 is 4.74 Å². The average Bonchev–Trinajstić information content (AvgIpc) is 2.47. The third-order valence-corrected chi connectivity index (χ3v) is 3.79. The van der Waals surface area contributed by atoms with Crippen molar-refractivity contribution in [1.82, 2.24) is 5.01 Å². The Balaban J connectivity index is 1.97. The lowest BCUT2D eigenvalue weighted by Gasteiger charge is -2.19. The molecule has 1 heterocycles. The summed E-state index contributed by atoms with van der Waals surface area (Å²) < 4.78 is 5.13. The summed E-state index contributed by atoms with van der Waals surface area (Å²) in [7, 11) is 1.67. The monoisotopic (exact) mass is 275 g/mol. The number of hydrogen-bond acceptors (Lipinski definition) is 5. The van der Waals surface area contributed by atoms with Crippen LogP contribution in [0.3, 0.4) is 0 Å². The van der Waals surface area contributed by atoms with E-state index in [0.717, 1.165) is 22.1 Å². The molecular weight excluding hydrogens is 258 g/mol. The molecule has 0 radical (unpaired) electrons. The summed E-state index contributed by atoms with van der Waals surface area (Å²) in [6, 6.07) is 8.06. The van der Waals surface area contributed by atoms with Crippen LogP contribution in [0.2, 0.25) is 0 Å². The molecule has 0 fully saturated rings. The van der Waals surface area contributed by atoms with E-state index in [1.165, 1.54) is 16.8 Å². The zero-order valence-electron chi connectivity index (χ0n) is 10.7. The van der Waals surface area contributed by atoms with E-state index in [1.54, 1.807) is 25.1 Å². The van der Waals surface area contributed by atoms with Crippen LogP contribution in [0, 0.1) is 0 Å². The molecule has 1 aromatic carbocycles. The lowest BCUT2D eigenvalue weighted by Crippen LogP contribution is -2.25. The minimum absolute atomic E-state index is 0.791. The maximum atomic E-state index is 5.72. The van der Waals surface area contributed by atoms with Gasteiger partial charge in [-0.2, -0.15) is 0 Å². The van der Waals surface area contributed by atoms with Gasteiger partial charge in [-0.25, -0.2) is 5.84 Å². The first-order valence-electron chi connectivity index (χ1n) is 5.84. The summed E-state index contributed by atoms with van der Waals surface area (Å²) in [5, 5.41) is 1.50. The molecule has 0 atom stereocenters. The minimum Gasteiger partial charge on any atom is -0.497 e. The van der Waals surface area contributed by atoms with Gasteiger partial charge >= 0.3 is 0 Å². The van der Waals surface area contributed by atoms with Gasteiger partial charge in [0.05, 0.1) is 12.8 Å². The number of thioether (sulfide) groups is 1. The smallest absolute Gasteiger partial charge is 0.118 e. The molecule has 1 aromatic rings. The van der Waals surface area contributed by atoms with Crippen LogP contribution < -0.4 is 16.3 Å². The fourth-order valence-electron chi connectivity index (χ4n) is 1.62. The van der Waals surface area contributed by atoms with Crippen molar-refractivity contribution in [2.45, 2.75) is 5.75 Å². The largest absolute Gasteiger partial charge is 0.497 e. The standard InChI is InChI=1S/C14H17N3OS/c1-18-13-4-2-11(3-5-13)10-19-14-6-7-17(16)12(8-14)9-15/h2-9H,10,15-16H2,1H3/b12-9-. The number of hydrogen-bond donors (Lipinski definition) is 2. The number of ether oxygens (including phenoxy) is 1. The van der Waals surface area contributed by atoms with Crippen LogP contribution in [0.1, 0.15) is 5.56 Å². The van der Waals surface area contributed by atoms with Gasteiger partial charge < -0.3 is 10.5 Å². The first-order chi connectivity index (χ1) is 9.22. The third kappa shape index (κ3) is 3.56. The Hall–Kier alpha value is -1.85. The van der Waals surface area contributed by atoms with Gasteiger partial charge in [-0.3, -0.25) is 5.01 Å². The van der Waals surface area contributed by atoms with Gasteiger partial charge in [0.1, 0.15) is 5.75 Å². The van der Waals surface area contributed by atoms with Crippen LogP contribution in [0.4, 0.5) is 0 Å². The molecule has 0 amide bonds. The molecule has 2 rings (SSSR count). The number of nitrogens with two attached hydrogens (primary N) is 2. The lowest BCUT2D eigenvalue weighted by molar-refractivity contribution is 0.414. The number of benzene rings is 1. The molecule has 1 aliphatic heterocycles. The second kappa shape index (κ2) is 6.36.